The Morgan fingerprint density at radius 1 is 1.35 bits per heavy atom. The minimum absolute atomic E-state index is 0.318. The van der Waals surface area contributed by atoms with Crippen molar-refractivity contribution in [3.63, 3.8) is 0 Å². The highest BCUT2D eigenvalue weighted by molar-refractivity contribution is 5.77. The van der Waals surface area contributed by atoms with Crippen LogP contribution < -0.4 is 0 Å². The zero-order valence-corrected chi connectivity index (χ0v) is 10.7. The fourth-order valence-electron chi connectivity index (χ4n) is 2.79. The van der Waals surface area contributed by atoms with Crippen LogP contribution in [0.5, 0.6) is 0 Å². The predicted molar refractivity (Wildman–Crippen MR) is 69.9 cm³/mol. The van der Waals surface area contributed by atoms with Gasteiger partial charge in [-0.05, 0) is 25.3 Å². The molecule has 1 fully saturated rings. The molecule has 2 atom stereocenters. The van der Waals surface area contributed by atoms with E-state index in [1.54, 1.807) is 0 Å². The average Bonchev–Trinajstić information content (AvgIpc) is 2.72. The van der Waals surface area contributed by atoms with Gasteiger partial charge in [0.2, 0.25) is 5.91 Å². The van der Waals surface area contributed by atoms with Crippen LogP contribution in [0.3, 0.4) is 0 Å². The largest absolute Gasteiger partial charge is 0.339 e. The number of amides is 1. The highest BCUT2D eigenvalue weighted by atomic mass is 16.2. The van der Waals surface area contributed by atoms with Gasteiger partial charge in [-0.2, -0.15) is 0 Å². The SMILES string of the molecule is CCCC(=O)N1CCC(c2ccccc2)C1C. The lowest BCUT2D eigenvalue weighted by atomic mass is 9.93. The van der Waals surface area contributed by atoms with Crippen molar-refractivity contribution in [1.29, 1.82) is 0 Å². The van der Waals surface area contributed by atoms with Gasteiger partial charge in [-0.15, -0.1) is 0 Å². The van der Waals surface area contributed by atoms with Gasteiger partial charge >= 0.3 is 0 Å². The quantitative estimate of drug-likeness (QED) is 0.782. The van der Waals surface area contributed by atoms with Crippen molar-refractivity contribution in [2.24, 2.45) is 0 Å². The molecule has 1 saturated heterocycles. The summed E-state index contributed by atoms with van der Waals surface area (Å²) >= 11 is 0. The number of benzene rings is 1. The lowest BCUT2D eigenvalue weighted by Gasteiger charge is -2.25. The third-order valence-corrected chi connectivity index (χ3v) is 3.77. The number of carbonyl (C=O) groups is 1. The van der Waals surface area contributed by atoms with Crippen molar-refractivity contribution in [3.8, 4) is 0 Å². The van der Waals surface area contributed by atoms with Crippen LogP contribution in [0.2, 0.25) is 0 Å². The van der Waals surface area contributed by atoms with Crippen LogP contribution >= 0.6 is 0 Å². The molecule has 0 bridgehead atoms. The fourth-order valence-corrected chi connectivity index (χ4v) is 2.79. The number of hydrogen-bond donors (Lipinski definition) is 0. The average molecular weight is 231 g/mol. The number of rotatable bonds is 3. The van der Waals surface area contributed by atoms with Crippen LogP contribution in [-0.4, -0.2) is 23.4 Å². The Kier molecular flexibility index (Phi) is 3.82. The summed E-state index contributed by atoms with van der Waals surface area (Å²) in [6.45, 7) is 5.16. The van der Waals surface area contributed by atoms with E-state index in [9.17, 15) is 4.79 Å². The van der Waals surface area contributed by atoms with Gasteiger partial charge in [0.15, 0.2) is 0 Å². The van der Waals surface area contributed by atoms with Gasteiger partial charge in [0, 0.05) is 24.9 Å². The Balaban J connectivity index is 2.07. The number of likely N-dealkylation sites (tertiary alicyclic amines) is 1. The Bertz CT molecular complexity index is 374. The zero-order chi connectivity index (χ0) is 12.3. The van der Waals surface area contributed by atoms with Crippen LogP contribution in [0.25, 0.3) is 0 Å². The second-order valence-electron chi connectivity index (χ2n) is 4.88. The third kappa shape index (κ3) is 2.51. The molecular formula is C15H21NO. The molecule has 92 valence electrons. The lowest BCUT2D eigenvalue weighted by molar-refractivity contribution is -0.131. The molecule has 0 N–H and O–H groups in total. The summed E-state index contributed by atoms with van der Waals surface area (Å²) in [6.07, 6.45) is 2.73. The van der Waals surface area contributed by atoms with Crippen molar-refractivity contribution in [2.75, 3.05) is 6.54 Å². The van der Waals surface area contributed by atoms with Crippen LogP contribution in [0.4, 0.5) is 0 Å². The van der Waals surface area contributed by atoms with Crippen LogP contribution in [0.15, 0.2) is 30.3 Å². The van der Waals surface area contributed by atoms with E-state index in [1.807, 2.05) is 6.07 Å². The maximum absolute atomic E-state index is 12.0. The molecule has 1 heterocycles. The summed E-state index contributed by atoms with van der Waals surface area (Å²) in [5.41, 5.74) is 1.37. The van der Waals surface area contributed by atoms with E-state index in [0.29, 0.717) is 24.3 Å². The van der Waals surface area contributed by atoms with Gasteiger partial charge in [0.1, 0.15) is 0 Å². The standard InChI is InChI=1S/C15H21NO/c1-3-7-15(17)16-11-10-14(12(16)2)13-8-5-4-6-9-13/h4-6,8-9,12,14H,3,7,10-11H2,1-2H3. The van der Waals surface area contributed by atoms with Crippen LogP contribution in [0.1, 0.15) is 44.6 Å². The fraction of sp³-hybridized carbons (Fsp3) is 0.533. The Hall–Kier alpha value is -1.31. The van der Waals surface area contributed by atoms with Gasteiger partial charge < -0.3 is 4.90 Å². The summed E-state index contributed by atoms with van der Waals surface area (Å²) in [6, 6.07) is 10.9. The molecule has 1 aliphatic heterocycles. The summed E-state index contributed by atoms with van der Waals surface area (Å²) < 4.78 is 0. The van der Waals surface area contributed by atoms with E-state index in [-0.39, 0.29) is 0 Å². The van der Waals surface area contributed by atoms with Gasteiger partial charge in [0.05, 0.1) is 0 Å². The van der Waals surface area contributed by atoms with E-state index in [2.05, 4.69) is 43.0 Å². The summed E-state index contributed by atoms with van der Waals surface area (Å²) in [5.74, 6) is 0.829. The van der Waals surface area contributed by atoms with Crippen molar-refractivity contribution >= 4 is 5.91 Å². The van der Waals surface area contributed by atoms with E-state index in [4.69, 9.17) is 0 Å². The molecule has 2 nitrogen and oxygen atoms in total. The van der Waals surface area contributed by atoms with Gasteiger partial charge in [0.25, 0.3) is 0 Å². The Morgan fingerprint density at radius 2 is 2.06 bits per heavy atom. The topological polar surface area (TPSA) is 20.3 Å². The molecule has 0 spiro atoms. The highest BCUT2D eigenvalue weighted by Crippen LogP contribution is 2.33. The first-order valence-corrected chi connectivity index (χ1v) is 6.58. The summed E-state index contributed by atoms with van der Waals surface area (Å²) in [7, 11) is 0. The molecule has 1 aromatic carbocycles. The molecule has 0 aliphatic carbocycles. The van der Waals surface area contributed by atoms with Gasteiger partial charge in [-0.1, -0.05) is 37.3 Å². The monoisotopic (exact) mass is 231 g/mol. The van der Waals surface area contributed by atoms with Gasteiger partial charge in [-0.3, -0.25) is 4.79 Å². The van der Waals surface area contributed by atoms with E-state index < -0.39 is 0 Å². The predicted octanol–water partition coefficient (Wildman–Crippen LogP) is 3.19. The first-order chi connectivity index (χ1) is 8.24. The van der Waals surface area contributed by atoms with Crippen molar-refractivity contribution in [3.05, 3.63) is 35.9 Å². The smallest absolute Gasteiger partial charge is 0.222 e. The summed E-state index contributed by atoms with van der Waals surface area (Å²) in [5, 5.41) is 0. The van der Waals surface area contributed by atoms with E-state index in [0.717, 1.165) is 19.4 Å². The van der Waals surface area contributed by atoms with Crippen molar-refractivity contribution in [2.45, 2.75) is 45.1 Å². The van der Waals surface area contributed by atoms with Crippen LogP contribution in [-0.2, 0) is 4.79 Å². The van der Waals surface area contributed by atoms with Crippen LogP contribution in [0, 0.1) is 0 Å². The zero-order valence-electron chi connectivity index (χ0n) is 10.7. The molecular weight excluding hydrogens is 210 g/mol. The van der Waals surface area contributed by atoms with Crippen molar-refractivity contribution < 1.29 is 4.79 Å². The first kappa shape index (κ1) is 12.2. The number of carbonyl (C=O) groups excluding carboxylic acids is 1. The van der Waals surface area contributed by atoms with Gasteiger partial charge in [-0.25, -0.2) is 0 Å². The second-order valence-corrected chi connectivity index (χ2v) is 4.88. The first-order valence-electron chi connectivity index (χ1n) is 6.58. The molecule has 17 heavy (non-hydrogen) atoms. The molecule has 2 heteroatoms. The Morgan fingerprint density at radius 3 is 2.71 bits per heavy atom. The molecule has 1 amide bonds. The number of hydrogen-bond acceptors (Lipinski definition) is 1. The molecule has 0 radical (unpaired) electrons. The molecule has 2 unspecified atom stereocenters. The summed E-state index contributed by atoms with van der Waals surface area (Å²) in [4.78, 5) is 14.0. The molecule has 0 aromatic heterocycles. The molecule has 0 saturated carbocycles. The molecule has 1 aliphatic rings. The minimum Gasteiger partial charge on any atom is -0.339 e. The molecule has 1 aromatic rings. The number of nitrogens with zero attached hydrogens (tertiary/aromatic N) is 1. The molecule has 2 rings (SSSR count). The van der Waals surface area contributed by atoms with Crippen molar-refractivity contribution in [1.82, 2.24) is 4.90 Å². The van der Waals surface area contributed by atoms with E-state index >= 15 is 0 Å². The maximum Gasteiger partial charge on any atom is 0.222 e. The minimum atomic E-state index is 0.318. The third-order valence-electron chi connectivity index (χ3n) is 3.77. The lowest BCUT2D eigenvalue weighted by Crippen LogP contribution is -2.35. The van der Waals surface area contributed by atoms with E-state index in [1.165, 1.54) is 5.56 Å². The highest BCUT2D eigenvalue weighted by Gasteiger charge is 2.33. The normalized spacial score (nSPS) is 24.0. The Labute approximate surface area is 104 Å². The maximum atomic E-state index is 12.0. The second kappa shape index (κ2) is 5.35.